The highest BCUT2D eigenvalue weighted by atomic mass is 79.9. The molecular weight excluding hydrogens is 501 g/mol. The Hall–Kier alpha value is -3.10. The SMILES string of the molecule is CC=N/C=C\C=C\c1cc(C(F)(F)P)n(-c2ccc(NC(=O)c3cncc(Br)c3)nc2)n1. The van der Waals surface area contributed by atoms with E-state index in [2.05, 4.69) is 41.3 Å². The molecule has 0 aliphatic heterocycles. The van der Waals surface area contributed by atoms with Crippen LogP contribution in [0.5, 0.6) is 0 Å². The third-order valence-corrected chi connectivity index (χ3v) is 4.70. The lowest BCUT2D eigenvalue weighted by atomic mass is 10.2. The Morgan fingerprint density at radius 2 is 2.06 bits per heavy atom. The van der Waals surface area contributed by atoms with Crippen molar-refractivity contribution >= 4 is 49.2 Å². The molecule has 11 heteroatoms. The zero-order valence-electron chi connectivity index (χ0n) is 16.8. The van der Waals surface area contributed by atoms with Crippen molar-refractivity contribution in [1.29, 1.82) is 0 Å². The number of carbonyl (C=O) groups is 1. The van der Waals surface area contributed by atoms with Crippen molar-refractivity contribution in [2.24, 2.45) is 4.99 Å². The summed E-state index contributed by atoms with van der Waals surface area (Å²) in [5, 5.41) is 6.87. The van der Waals surface area contributed by atoms with Gasteiger partial charge in [-0.05, 0) is 59.3 Å². The molecule has 0 aliphatic carbocycles. The maximum absolute atomic E-state index is 14.1. The van der Waals surface area contributed by atoms with Crippen LogP contribution in [0, 0.1) is 0 Å². The number of anilines is 1. The molecule has 1 amide bonds. The highest BCUT2D eigenvalue weighted by Gasteiger charge is 2.30. The first-order valence-electron chi connectivity index (χ1n) is 9.24. The predicted octanol–water partition coefficient (Wildman–Crippen LogP) is 5.22. The maximum atomic E-state index is 14.1. The summed E-state index contributed by atoms with van der Waals surface area (Å²) in [4.78, 5) is 24.3. The van der Waals surface area contributed by atoms with Gasteiger partial charge < -0.3 is 5.32 Å². The minimum Gasteiger partial charge on any atom is -0.307 e. The third-order valence-electron chi connectivity index (χ3n) is 3.97. The number of halogens is 3. The predicted molar refractivity (Wildman–Crippen MR) is 127 cm³/mol. The number of aliphatic imine (C=N–C) groups is 1. The van der Waals surface area contributed by atoms with Crippen molar-refractivity contribution in [3.05, 3.63) is 82.6 Å². The van der Waals surface area contributed by atoms with Gasteiger partial charge in [-0.15, -0.1) is 0 Å². The fourth-order valence-corrected chi connectivity index (χ4v) is 3.13. The lowest BCUT2D eigenvalue weighted by Crippen LogP contribution is -2.14. The van der Waals surface area contributed by atoms with Crippen LogP contribution >= 0.6 is 25.2 Å². The van der Waals surface area contributed by atoms with Crippen LogP contribution in [0.1, 0.15) is 28.7 Å². The number of alkyl halides is 2. The number of nitrogens with one attached hydrogen (secondary N) is 1. The van der Waals surface area contributed by atoms with Crippen LogP contribution in [-0.2, 0) is 5.66 Å². The van der Waals surface area contributed by atoms with Gasteiger partial charge in [-0.3, -0.25) is 14.8 Å². The number of aromatic nitrogens is 4. The summed E-state index contributed by atoms with van der Waals surface area (Å²) in [6.07, 6.45) is 12.4. The van der Waals surface area contributed by atoms with E-state index >= 15 is 0 Å². The second kappa shape index (κ2) is 10.5. The number of carbonyl (C=O) groups excluding carboxylic acids is 1. The third kappa shape index (κ3) is 6.21. The van der Waals surface area contributed by atoms with E-state index in [1.165, 1.54) is 39.8 Å². The first-order valence-corrected chi connectivity index (χ1v) is 10.6. The topological polar surface area (TPSA) is 85.1 Å². The second-order valence-electron chi connectivity index (χ2n) is 6.34. The summed E-state index contributed by atoms with van der Waals surface area (Å²) in [6, 6.07) is 5.95. The van der Waals surface area contributed by atoms with E-state index in [-0.39, 0.29) is 11.5 Å². The summed E-state index contributed by atoms with van der Waals surface area (Å²) in [7, 11) is 1.51. The summed E-state index contributed by atoms with van der Waals surface area (Å²) in [5.41, 5.74) is -2.53. The van der Waals surface area contributed by atoms with Crippen molar-refractivity contribution in [1.82, 2.24) is 19.7 Å². The summed E-state index contributed by atoms with van der Waals surface area (Å²) in [5.74, 6) is -0.144. The van der Waals surface area contributed by atoms with Gasteiger partial charge in [-0.25, -0.2) is 9.67 Å². The van der Waals surface area contributed by atoms with Crippen molar-refractivity contribution in [3.8, 4) is 5.69 Å². The molecule has 164 valence electrons. The monoisotopic (exact) mass is 518 g/mol. The van der Waals surface area contributed by atoms with E-state index in [0.717, 1.165) is 4.68 Å². The minimum absolute atomic E-state index is 0.256. The van der Waals surface area contributed by atoms with E-state index in [1.54, 1.807) is 49.8 Å². The summed E-state index contributed by atoms with van der Waals surface area (Å²) >= 11 is 3.26. The molecule has 0 aromatic carbocycles. The molecule has 3 heterocycles. The number of hydrogen-bond donors (Lipinski definition) is 1. The zero-order chi connectivity index (χ0) is 23.1. The Kier molecular flexibility index (Phi) is 7.71. The first kappa shape index (κ1) is 23.6. The largest absolute Gasteiger partial charge is 0.307 e. The number of rotatable bonds is 7. The number of allylic oxidation sites excluding steroid dienone is 2. The minimum atomic E-state index is -3.21. The summed E-state index contributed by atoms with van der Waals surface area (Å²) in [6.45, 7) is 1.78. The van der Waals surface area contributed by atoms with Crippen LogP contribution in [0.4, 0.5) is 14.6 Å². The fraction of sp³-hybridized carbons (Fsp3) is 0.0952. The lowest BCUT2D eigenvalue weighted by molar-refractivity contribution is 0.0955. The second-order valence-corrected chi connectivity index (χ2v) is 7.99. The van der Waals surface area contributed by atoms with Gasteiger partial charge in [-0.2, -0.15) is 13.9 Å². The Morgan fingerprint density at radius 1 is 1.25 bits per heavy atom. The number of pyridine rings is 2. The van der Waals surface area contributed by atoms with Crippen LogP contribution in [0.25, 0.3) is 11.8 Å². The Labute approximate surface area is 193 Å². The van der Waals surface area contributed by atoms with E-state index in [0.29, 0.717) is 21.4 Å². The molecule has 1 N–H and O–H groups in total. The van der Waals surface area contributed by atoms with Gasteiger partial charge in [0.15, 0.2) is 0 Å². The number of nitrogens with zero attached hydrogens (tertiary/aromatic N) is 5. The molecule has 0 radical (unpaired) electrons. The zero-order valence-corrected chi connectivity index (χ0v) is 19.5. The average Bonchev–Trinajstić information content (AvgIpc) is 3.19. The molecule has 3 aromatic heterocycles. The van der Waals surface area contributed by atoms with Crippen LogP contribution < -0.4 is 5.32 Å². The van der Waals surface area contributed by atoms with Crippen LogP contribution in [0.2, 0.25) is 0 Å². The van der Waals surface area contributed by atoms with Gasteiger partial charge in [0.25, 0.3) is 11.6 Å². The molecule has 0 saturated heterocycles. The molecule has 1 unspecified atom stereocenters. The van der Waals surface area contributed by atoms with E-state index in [9.17, 15) is 13.6 Å². The van der Waals surface area contributed by atoms with E-state index in [4.69, 9.17) is 0 Å². The molecular formula is C21H18BrF2N6OP. The fourth-order valence-electron chi connectivity index (χ4n) is 2.56. The molecule has 0 spiro atoms. The van der Waals surface area contributed by atoms with Gasteiger partial charge in [0, 0.05) is 29.3 Å². The Morgan fingerprint density at radius 3 is 2.72 bits per heavy atom. The molecule has 0 aliphatic rings. The van der Waals surface area contributed by atoms with Crippen molar-refractivity contribution in [2.75, 3.05) is 5.32 Å². The van der Waals surface area contributed by atoms with Crippen LogP contribution in [0.3, 0.4) is 0 Å². The van der Waals surface area contributed by atoms with Crippen molar-refractivity contribution in [3.63, 3.8) is 0 Å². The standard InChI is InChI=1S/C21H18BrF2N6OP/c1-2-25-8-4-3-5-16-10-18(21(23,24)32)30(29-16)17-6-7-19(27-13-17)28-20(31)14-9-15(22)12-26-11-14/h2-13H,32H2,1H3,(H,27,28,31)/b5-3+,8-4-,25-2?. The van der Waals surface area contributed by atoms with E-state index in [1.807, 2.05) is 0 Å². The van der Waals surface area contributed by atoms with Gasteiger partial charge in [0.05, 0.1) is 23.1 Å². The van der Waals surface area contributed by atoms with Crippen LogP contribution in [-0.4, -0.2) is 31.9 Å². The molecule has 32 heavy (non-hydrogen) atoms. The van der Waals surface area contributed by atoms with Gasteiger partial charge >= 0.3 is 0 Å². The van der Waals surface area contributed by atoms with Crippen molar-refractivity contribution < 1.29 is 13.6 Å². The molecule has 3 rings (SSSR count). The highest BCUT2D eigenvalue weighted by Crippen LogP contribution is 2.36. The Balaban J connectivity index is 1.83. The molecule has 0 saturated carbocycles. The molecule has 3 aromatic rings. The quantitative estimate of drug-likeness (QED) is 0.264. The summed E-state index contributed by atoms with van der Waals surface area (Å²) < 4.78 is 30.0. The highest BCUT2D eigenvalue weighted by molar-refractivity contribution is 9.10. The smallest absolute Gasteiger partial charge is 0.300 e. The number of amides is 1. The lowest BCUT2D eigenvalue weighted by Gasteiger charge is -2.13. The normalized spacial score (nSPS) is 12.3. The molecule has 0 bridgehead atoms. The molecule has 0 fully saturated rings. The maximum Gasteiger partial charge on any atom is 0.300 e. The average molecular weight is 519 g/mol. The Bertz CT molecular complexity index is 1190. The van der Waals surface area contributed by atoms with Gasteiger partial charge in [-0.1, -0.05) is 15.3 Å². The molecule has 7 nitrogen and oxygen atoms in total. The van der Waals surface area contributed by atoms with Gasteiger partial charge in [0.1, 0.15) is 11.5 Å². The first-order chi connectivity index (χ1) is 15.3. The number of hydrogen-bond acceptors (Lipinski definition) is 5. The van der Waals surface area contributed by atoms with Gasteiger partial charge in [0.2, 0.25) is 0 Å². The van der Waals surface area contributed by atoms with Crippen molar-refractivity contribution in [2.45, 2.75) is 12.6 Å². The van der Waals surface area contributed by atoms with Crippen LogP contribution in [0.15, 0.2) is 70.7 Å². The molecule has 1 atom stereocenters. The van der Waals surface area contributed by atoms with E-state index < -0.39 is 11.6 Å².